The van der Waals surface area contributed by atoms with Crippen LogP contribution < -0.4 is 11.2 Å². The average molecular weight is 377 g/mol. The summed E-state index contributed by atoms with van der Waals surface area (Å²) in [6, 6.07) is 15.8. The van der Waals surface area contributed by atoms with E-state index in [4.69, 9.17) is 5.84 Å². The molecule has 0 unspecified atom stereocenters. The topological polar surface area (TPSA) is 85.8 Å². The molecule has 3 N–H and O–H groups in total. The maximum atomic E-state index is 10.9. The lowest BCUT2D eigenvalue weighted by Gasteiger charge is -2.15. The summed E-state index contributed by atoms with van der Waals surface area (Å²) >= 11 is 0. The van der Waals surface area contributed by atoms with Crippen molar-refractivity contribution in [2.24, 2.45) is 0 Å². The number of aryl methyl sites for hydroxylation is 1. The van der Waals surface area contributed by atoms with E-state index < -0.39 is 0 Å². The highest BCUT2D eigenvalue weighted by Gasteiger charge is 2.50. The first-order valence-corrected chi connectivity index (χ1v) is 9.54. The van der Waals surface area contributed by atoms with Crippen LogP contribution in [0.25, 0.3) is 11.4 Å². The van der Waals surface area contributed by atoms with E-state index in [9.17, 15) is 4.79 Å². The molecule has 1 fully saturated rings. The smallest absolute Gasteiger partial charge is 0.182 e. The van der Waals surface area contributed by atoms with E-state index in [0.29, 0.717) is 11.4 Å². The number of benzene rings is 2. The molecule has 0 spiro atoms. The van der Waals surface area contributed by atoms with Crippen molar-refractivity contribution in [1.82, 2.24) is 20.2 Å². The summed E-state index contributed by atoms with van der Waals surface area (Å²) in [5.74, 6) is 7.78. The molecule has 2 aromatic carbocycles. The Labute approximate surface area is 165 Å². The number of hydrogen-bond acceptors (Lipinski definition) is 5. The van der Waals surface area contributed by atoms with E-state index in [0.717, 1.165) is 42.6 Å². The number of hydrogen-bond donors (Lipinski definition) is 2. The summed E-state index contributed by atoms with van der Waals surface area (Å²) in [5.41, 5.74) is 3.59. The third-order valence-corrected chi connectivity index (χ3v) is 5.18. The van der Waals surface area contributed by atoms with Crippen LogP contribution >= 0.6 is 0 Å². The van der Waals surface area contributed by atoms with Crippen molar-refractivity contribution in [2.75, 3.05) is 19.4 Å². The molecule has 4 rings (SSSR count). The predicted molar refractivity (Wildman–Crippen MR) is 112 cm³/mol. The van der Waals surface area contributed by atoms with E-state index >= 15 is 0 Å². The van der Waals surface area contributed by atoms with Gasteiger partial charge in [-0.1, -0.05) is 49.4 Å². The van der Waals surface area contributed by atoms with Crippen LogP contribution in [-0.2, 0) is 5.41 Å². The number of nitrogens with two attached hydrogens (primary N) is 1. The zero-order valence-corrected chi connectivity index (χ0v) is 16.6. The fourth-order valence-electron chi connectivity index (χ4n) is 3.34. The van der Waals surface area contributed by atoms with E-state index in [2.05, 4.69) is 34.6 Å². The number of nitrogens with one attached hydrogen (secondary N) is 1. The van der Waals surface area contributed by atoms with Gasteiger partial charge < -0.3 is 11.2 Å². The van der Waals surface area contributed by atoms with Gasteiger partial charge in [0, 0.05) is 11.1 Å². The number of rotatable bonds is 5. The molecule has 3 aromatic rings. The Balaban J connectivity index is 0.000000516. The summed E-state index contributed by atoms with van der Waals surface area (Å²) in [6.07, 6.45) is 2.88. The number of aromatic nitrogens is 3. The molecule has 0 saturated heterocycles. The van der Waals surface area contributed by atoms with Crippen LogP contribution in [0.3, 0.4) is 0 Å². The fraction of sp³-hybridized carbons (Fsp3) is 0.318. The number of carbonyl (C=O) groups is 1. The van der Waals surface area contributed by atoms with Gasteiger partial charge >= 0.3 is 0 Å². The molecule has 1 aliphatic carbocycles. The quantitative estimate of drug-likeness (QED) is 0.527. The number of aldehydes is 1. The van der Waals surface area contributed by atoms with Gasteiger partial charge in [0.15, 0.2) is 11.6 Å². The molecule has 1 heterocycles. The largest absolute Gasteiger partial charge is 0.336 e. The van der Waals surface area contributed by atoms with E-state index in [1.165, 1.54) is 5.56 Å². The maximum Gasteiger partial charge on any atom is 0.182 e. The molecule has 6 heteroatoms. The Bertz CT molecular complexity index is 943. The van der Waals surface area contributed by atoms with Gasteiger partial charge in [-0.3, -0.25) is 4.79 Å². The lowest BCUT2D eigenvalue weighted by atomic mass is 9.95. The second-order valence-electron chi connectivity index (χ2n) is 7.06. The molecule has 28 heavy (non-hydrogen) atoms. The second-order valence-corrected chi connectivity index (χ2v) is 7.06. The zero-order valence-electron chi connectivity index (χ0n) is 16.6. The van der Waals surface area contributed by atoms with Crippen LogP contribution in [0.4, 0.5) is 0 Å². The predicted octanol–water partition coefficient (Wildman–Crippen LogP) is 3.09. The third-order valence-electron chi connectivity index (χ3n) is 5.18. The van der Waals surface area contributed by atoms with Gasteiger partial charge in [-0.25, -0.2) is 4.68 Å². The van der Waals surface area contributed by atoms with Crippen LogP contribution in [0.5, 0.6) is 0 Å². The molecular formula is C22H27N5O. The molecular weight excluding hydrogens is 350 g/mol. The van der Waals surface area contributed by atoms with Crippen molar-refractivity contribution in [2.45, 2.75) is 32.1 Å². The first-order chi connectivity index (χ1) is 13.6. The van der Waals surface area contributed by atoms with Crippen LogP contribution in [0.2, 0.25) is 0 Å². The highest BCUT2D eigenvalue weighted by atomic mass is 16.1. The lowest BCUT2D eigenvalue weighted by Crippen LogP contribution is -2.22. The molecule has 0 radical (unpaired) electrons. The van der Waals surface area contributed by atoms with Gasteiger partial charge in [0.1, 0.15) is 6.29 Å². The van der Waals surface area contributed by atoms with Crippen molar-refractivity contribution in [3.63, 3.8) is 0 Å². The highest BCUT2D eigenvalue weighted by Crippen LogP contribution is 2.52. The Morgan fingerprint density at radius 3 is 2.39 bits per heavy atom. The standard InChI is InChI=1S/C19H18N4O.C3H9N/c1-13-11-14(12-24)7-8-16(13)17-21-22-18(23(17)20)19(9-10-19)15-5-3-2-4-6-15;1-3-4-2/h2-8,11-12H,9-10,20H2,1H3;4H,3H2,1-2H3. The van der Waals surface area contributed by atoms with E-state index in [1.807, 2.05) is 44.3 Å². The maximum absolute atomic E-state index is 10.9. The molecule has 0 bridgehead atoms. The fourth-order valence-corrected chi connectivity index (χ4v) is 3.34. The van der Waals surface area contributed by atoms with Crippen molar-refractivity contribution < 1.29 is 4.79 Å². The SMILES string of the molecule is CCNC.Cc1cc(C=O)ccc1-c1nnc(C2(c3ccccc3)CC2)n1N. The van der Waals surface area contributed by atoms with Gasteiger partial charge in [-0.2, -0.15) is 0 Å². The molecule has 1 aliphatic rings. The first kappa shape index (κ1) is 19.8. The van der Waals surface area contributed by atoms with E-state index in [1.54, 1.807) is 10.7 Å². The zero-order chi connectivity index (χ0) is 20.1. The molecule has 146 valence electrons. The van der Waals surface area contributed by atoms with Crippen LogP contribution in [-0.4, -0.2) is 34.8 Å². The number of nitrogens with zero attached hydrogens (tertiary/aromatic N) is 3. The molecule has 0 amide bonds. The summed E-state index contributed by atoms with van der Waals surface area (Å²) in [4.78, 5) is 10.9. The third kappa shape index (κ3) is 3.68. The molecule has 6 nitrogen and oxygen atoms in total. The number of carbonyl (C=O) groups excluding carboxylic acids is 1. The van der Waals surface area contributed by atoms with E-state index in [-0.39, 0.29) is 5.41 Å². The van der Waals surface area contributed by atoms with Crippen LogP contribution in [0.1, 0.15) is 47.1 Å². The minimum atomic E-state index is -0.127. The Kier molecular flexibility index (Phi) is 5.90. The van der Waals surface area contributed by atoms with Crippen LogP contribution in [0, 0.1) is 6.92 Å². The van der Waals surface area contributed by atoms with Gasteiger partial charge in [-0.05, 0) is 50.6 Å². The molecule has 1 aromatic heterocycles. The molecule has 0 atom stereocenters. The summed E-state index contributed by atoms with van der Waals surface area (Å²) in [7, 11) is 1.93. The molecule has 0 aliphatic heterocycles. The minimum absolute atomic E-state index is 0.127. The highest BCUT2D eigenvalue weighted by molar-refractivity contribution is 5.77. The van der Waals surface area contributed by atoms with Crippen LogP contribution in [0.15, 0.2) is 48.5 Å². The summed E-state index contributed by atoms with van der Waals surface area (Å²) in [6.45, 7) is 5.08. The normalized spacial score (nSPS) is 14.1. The second kappa shape index (κ2) is 8.35. The summed E-state index contributed by atoms with van der Waals surface area (Å²) < 4.78 is 1.60. The van der Waals surface area contributed by atoms with Gasteiger partial charge in [0.05, 0.1) is 5.41 Å². The lowest BCUT2D eigenvalue weighted by molar-refractivity contribution is 0.112. The van der Waals surface area contributed by atoms with Gasteiger partial charge in [-0.15, -0.1) is 10.2 Å². The Morgan fingerprint density at radius 2 is 1.86 bits per heavy atom. The average Bonchev–Trinajstić information content (AvgIpc) is 3.45. The Hall–Kier alpha value is -2.99. The van der Waals surface area contributed by atoms with Gasteiger partial charge in [0.2, 0.25) is 0 Å². The first-order valence-electron chi connectivity index (χ1n) is 9.54. The van der Waals surface area contributed by atoms with Crippen molar-refractivity contribution in [1.29, 1.82) is 0 Å². The summed E-state index contributed by atoms with van der Waals surface area (Å²) in [5, 5.41) is 11.7. The van der Waals surface area contributed by atoms with Crippen molar-refractivity contribution in [3.05, 3.63) is 71.0 Å². The van der Waals surface area contributed by atoms with Crippen molar-refractivity contribution >= 4 is 6.29 Å². The number of nitrogen functional groups attached to an aromatic ring is 1. The van der Waals surface area contributed by atoms with Gasteiger partial charge in [0.25, 0.3) is 0 Å². The monoisotopic (exact) mass is 377 g/mol. The molecule has 1 saturated carbocycles. The minimum Gasteiger partial charge on any atom is -0.336 e. The van der Waals surface area contributed by atoms with Crippen molar-refractivity contribution in [3.8, 4) is 11.4 Å². The Morgan fingerprint density at radius 1 is 1.18 bits per heavy atom.